The highest BCUT2D eigenvalue weighted by Gasteiger charge is 2.21. The monoisotopic (exact) mass is 263 g/mol. The maximum Gasteiger partial charge on any atom is 0.258 e. The maximum atomic E-state index is 12.0. The SMILES string of the molecule is Cc1noc(CNC(=O)c2cnn3c2OCCC3)n1. The number of ether oxygens (including phenoxy) is 1. The molecule has 8 nitrogen and oxygen atoms in total. The normalized spacial score (nSPS) is 13.7. The van der Waals surface area contributed by atoms with Gasteiger partial charge < -0.3 is 14.6 Å². The number of carbonyl (C=O) groups is 1. The van der Waals surface area contributed by atoms with E-state index in [9.17, 15) is 4.79 Å². The van der Waals surface area contributed by atoms with Crippen molar-refractivity contribution in [1.29, 1.82) is 0 Å². The quantitative estimate of drug-likeness (QED) is 0.855. The van der Waals surface area contributed by atoms with Crippen LogP contribution in [0.5, 0.6) is 5.88 Å². The molecule has 0 fully saturated rings. The molecule has 3 rings (SSSR count). The zero-order valence-corrected chi connectivity index (χ0v) is 10.4. The number of nitrogens with zero attached hydrogens (tertiary/aromatic N) is 4. The van der Waals surface area contributed by atoms with Crippen molar-refractivity contribution in [2.45, 2.75) is 26.4 Å². The van der Waals surface area contributed by atoms with Gasteiger partial charge in [-0.25, -0.2) is 4.68 Å². The van der Waals surface area contributed by atoms with Crippen LogP contribution >= 0.6 is 0 Å². The molecule has 0 saturated heterocycles. The van der Waals surface area contributed by atoms with Crippen LogP contribution in [-0.4, -0.2) is 32.4 Å². The highest BCUT2D eigenvalue weighted by Crippen LogP contribution is 2.21. The summed E-state index contributed by atoms with van der Waals surface area (Å²) >= 11 is 0. The molecule has 0 spiro atoms. The van der Waals surface area contributed by atoms with Crippen LogP contribution in [0.3, 0.4) is 0 Å². The fourth-order valence-corrected chi connectivity index (χ4v) is 1.89. The Morgan fingerprint density at radius 1 is 1.58 bits per heavy atom. The van der Waals surface area contributed by atoms with Gasteiger partial charge >= 0.3 is 0 Å². The number of fused-ring (bicyclic) bond motifs is 1. The van der Waals surface area contributed by atoms with Crippen molar-refractivity contribution in [2.75, 3.05) is 6.61 Å². The number of aryl methyl sites for hydroxylation is 2. The van der Waals surface area contributed by atoms with E-state index in [0.29, 0.717) is 29.8 Å². The zero-order valence-electron chi connectivity index (χ0n) is 10.4. The van der Waals surface area contributed by atoms with Gasteiger partial charge in [-0.2, -0.15) is 10.1 Å². The Bertz CT molecular complexity index is 603. The summed E-state index contributed by atoms with van der Waals surface area (Å²) in [5.74, 6) is 1.16. The van der Waals surface area contributed by atoms with E-state index in [2.05, 4.69) is 20.6 Å². The molecule has 0 atom stereocenters. The molecular formula is C11H13N5O3. The van der Waals surface area contributed by atoms with Crippen molar-refractivity contribution in [3.05, 3.63) is 23.5 Å². The Labute approximate surface area is 108 Å². The summed E-state index contributed by atoms with van der Waals surface area (Å²) in [5.41, 5.74) is 0.427. The Morgan fingerprint density at radius 2 is 2.47 bits per heavy atom. The largest absolute Gasteiger partial charge is 0.477 e. The molecule has 1 amide bonds. The first-order chi connectivity index (χ1) is 9.24. The molecule has 0 aromatic carbocycles. The predicted octanol–water partition coefficient (Wildman–Crippen LogP) is 0.287. The van der Waals surface area contributed by atoms with Gasteiger partial charge in [0.25, 0.3) is 5.91 Å². The minimum absolute atomic E-state index is 0.185. The number of aromatic nitrogens is 4. The standard InChI is InChI=1S/C11H13N5O3/c1-7-14-9(19-15-7)6-12-10(17)8-5-13-16-3-2-4-18-11(8)16/h5H,2-4,6H2,1H3,(H,12,17). The molecule has 100 valence electrons. The van der Waals surface area contributed by atoms with Gasteiger partial charge in [0.2, 0.25) is 11.8 Å². The third-order valence-electron chi connectivity index (χ3n) is 2.76. The maximum absolute atomic E-state index is 12.0. The number of carbonyl (C=O) groups excluding carboxylic acids is 1. The lowest BCUT2D eigenvalue weighted by Crippen LogP contribution is -2.24. The molecule has 0 saturated carbocycles. The minimum atomic E-state index is -0.265. The molecule has 0 radical (unpaired) electrons. The van der Waals surface area contributed by atoms with Crippen LogP contribution < -0.4 is 10.1 Å². The second-order valence-corrected chi connectivity index (χ2v) is 4.21. The minimum Gasteiger partial charge on any atom is -0.477 e. The molecule has 8 heteroatoms. The van der Waals surface area contributed by atoms with Crippen LogP contribution in [0.25, 0.3) is 0 Å². The van der Waals surface area contributed by atoms with Crippen LogP contribution in [0.1, 0.15) is 28.5 Å². The van der Waals surface area contributed by atoms with Crippen LogP contribution in [0.15, 0.2) is 10.7 Å². The van der Waals surface area contributed by atoms with Crippen molar-refractivity contribution in [3.63, 3.8) is 0 Å². The highest BCUT2D eigenvalue weighted by atomic mass is 16.5. The second kappa shape index (κ2) is 4.71. The number of hydrogen-bond acceptors (Lipinski definition) is 6. The van der Waals surface area contributed by atoms with E-state index in [1.165, 1.54) is 6.20 Å². The number of hydrogen-bond donors (Lipinski definition) is 1. The zero-order chi connectivity index (χ0) is 13.2. The first-order valence-corrected chi connectivity index (χ1v) is 6.00. The molecule has 0 unspecified atom stereocenters. The summed E-state index contributed by atoms with van der Waals surface area (Å²) in [6, 6.07) is 0. The van der Waals surface area contributed by atoms with Gasteiger partial charge in [0.1, 0.15) is 5.56 Å². The molecule has 0 bridgehead atoms. The lowest BCUT2D eigenvalue weighted by atomic mass is 10.3. The Kier molecular flexibility index (Phi) is 2.90. The van der Waals surface area contributed by atoms with E-state index in [0.717, 1.165) is 13.0 Å². The fourth-order valence-electron chi connectivity index (χ4n) is 1.89. The first kappa shape index (κ1) is 11.7. The van der Waals surface area contributed by atoms with Crippen LogP contribution in [0.4, 0.5) is 0 Å². The Balaban J connectivity index is 1.69. The summed E-state index contributed by atoms with van der Waals surface area (Å²) in [6.07, 6.45) is 2.41. The second-order valence-electron chi connectivity index (χ2n) is 4.21. The summed E-state index contributed by atoms with van der Waals surface area (Å²) in [7, 11) is 0. The number of rotatable bonds is 3. The van der Waals surface area contributed by atoms with Crippen molar-refractivity contribution < 1.29 is 14.1 Å². The molecule has 0 aliphatic carbocycles. The summed E-state index contributed by atoms with van der Waals surface area (Å²) < 4.78 is 12.1. The van der Waals surface area contributed by atoms with Crippen molar-refractivity contribution >= 4 is 5.91 Å². The summed E-state index contributed by atoms with van der Waals surface area (Å²) in [6.45, 7) is 3.28. The Morgan fingerprint density at radius 3 is 3.26 bits per heavy atom. The molecule has 2 aromatic rings. The third-order valence-corrected chi connectivity index (χ3v) is 2.76. The highest BCUT2D eigenvalue weighted by molar-refractivity contribution is 5.96. The van der Waals surface area contributed by atoms with Crippen LogP contribution in [0, 0.1) is 6.92 Å². The van der Waals surface area contributed by atoms with E-state index in [4.69, 9.17) is 9.26 Å². The Hall–Kier alpha value is -2.38. The molecule has 1 aliphatic rings. The van der Waals surface area contributed by atoms with Gasteiger partial charge in [-0.1, -0.05) is 5.16 Å². The number of amides is 1. The molecule has 1 aliphatic heterocycles. The van der Waals surface area contributed by atoms with E-state index >= 15 is 0 Å². The molecule has 1 N–H and O–H groups in total. The molecule has 2 aromatic heterocycles. The number of nitrogens with one attached hydrogen (secondary N) is 1. The van der Waals surface area contributed by atoms with Crippen molar-refractivity contribution in [1.82, 2.24) is 25.2 Å². The topological polar surface area (TPSA) is 95.1 Å². The van der Waals surface area contributed by atoms with Crippen LogP contribution in [-0.2, 0) is 13.1 Å². The average molecular weight is 263 g/mol. The van der Waals surface area contributed by atoms with E-state index in [1.807, 2.05) is 0 Å². The summed E-state index contributed by atoms with van der Waals surface area (Å²) in [4.78, 5) is 16.0. The van der Waals surface area contributed by atoms with Gasteiger partial charge in [0, 0.05) is 13.0 Å². The summed E-state index contributed by atoms with van der Waals surface area (Å²) in [5, 5.41) is 10.5. The smallest absolute Gasteiger partial charge is 0.258 e. The van der Waals surface area contributed by atoms with Crippen molar-refractivity contribution in [3.8, 4) is 5.88 Å². The van der Waals surface area contributed by atoms with Gasteiger partial charge in [0.05, 0.1) is 19.3 Å². The fraction of sp³-hybridized carbons (Fsp3) is 0.455. The molecular weight excluding hydrogens is 250 g/mol. The van der Waals surface area contributed by atoms with Crippen molar-refractivity contribution in [2.24, 2.45) is 0 Å². The van der Waals surface area contributed by atoms with E-state index < -0.39 is 0 Å². The van der Waals surface area contributed by atoms with E-state index in [-0.39, 0.29) is 12.5 Å². The predicted molar refractivity (Wildman–Crippen MR) is 62.5 cm³/mol. The van der Waals surface area contributed by atoms with Gasteiger partial charge in [0.15, 0.2) is 5.82 Å². The van der Waals surface area contributed by atoms with Gasteiger partial charge in [-0.05, 0) is 6.92 Å². The first-order valence-electron chi connectivity index (χ1n) is 6.00. The lowest BCUT2D eigenvalue weighted by Gasteiger charge is -2.15. The lowest BCUT2D eigenvalue weighted by molar-refractivity contribution is 0.0939. The van der Waals surface area contributed by atoms with Crippen LogP contribution in [0.2, 0.25) is 0 Å². The van der Waals surface area contributed by atoms with Gasteiger partial charge in [-0.3, -0.25) is 4.79 Å². The average Bonchev–Trinajstić information content (AvgIpc) is 3.02. The molecule has 3 heterocycles. The van der Waals surface area contributed by atoms with E-state index in [1.54, 1.807) is 11.6 Å². The molecule has 19 heavy (non-hydrogen) atoms. The third kappa shape index (κ3) is 2.28. The van der Waals surface area contributed by atoms with Gasteiger partial charge in [-0.15, -0.1) is 0 Å².